The first-order valence-electron chi connectivity index (χ1n) is 4.79. The summed E-state index contributed by atoms with van der Waals surface area (Å²) in [6, 6.07) is 5.54. The molecule has 0 heterocycles. The van der Waals surface area contributed by atoms with E-state index in [2.05, 4.69) is 0 Å². The fourth-order valence-corrected chi connectivity index (χ4v) is 1.42. The van der Waals surface area contributed by atoms with Crippen LogP contribution in [0.2, 0.25) is 0 Å². The molecule has 0 amide bonds. The summed E-state index contributed by atoms with van der Waals surface area (Å²) in [5.41, 5.74) is 6.50. The number of ether oxygens (including phenoxy) is 2. The van der Waals surface area contributed by atoms with Crippen molar-refractivity contribution in [2.24, 2.45) is 5.73 Å². The highest BCUT2D eigenvalue weighted by atomic mass is 16.5. The highest BCUT2D eigenvalue weighted by Crippen LogP contribution is 2.30. The molecule has 1 unspecified atom stereocenters. The first kappa shape index (κ1) is 11.8. The maximum absolute atomic E-state index is 9.12. The predicted octanol–water partition coefficient (Wildman–Crippen LogP) is 0.738. The van der Waals surface area contributed by atoms with Gasteiger partial charge in [0.15, 0.2) is 11.5 Å². The average Bonchev–Trinajstić information content (AvgIpc) is 2.30. The molecule has 0 aliphatic heterocycles. The lowest BCUT2D eigenvalue weighted by Crippen LogP contribution is -2.16. The Labute approximate surface area is 89.6 Å². The summed E-state index contributed by atoms with van der Waals surface area (Å²) in [6.45, 7) is 0.442. The zero-order valence-electron chi connectivity index (χ0n) is 9.06. The number of methoxy groups -OCH3 is 2. The molecule has 1 atom stereocenters. The molecule has 1 rings (SSSR count). The van der Waals surface area contributed by atoms with Crippen molar-refractivity contribution in [3.8, 4) is 11.5 Å². The van der Waals surface area contributed by atoms with Crippen molar-refractivity contribution in [2.45, 2.75) is 5.92 Å². The number of hydrogen-bond acceptors (Lipinski definition) is 4. The third-order valence-electron chi connectivity index (χ3n) is 2.38. The second-order valence-corrected chi connectivity index (χ2v) is 3.23. The van der Waals surface area contributed by atoms with Crippen LogP contribution in [0.15, 0.2) is 18.2 Å². The molecular formula is C11H17NO3. The predicted molar refractivity (Wildman–Crippen MR) is 58.4 cm³/mol. The van der Waals surface area contributed by atoms with Crippen LogP contribution in [-0.4, -0.2) is 32.5 Å². The lowest BCUT2D eigenvalue weighted by molar-refractivity contribution is 0.267. The van der Waals surface area contributed by atoms with Gasteiger partial charge in [0, 0.05) is 12.5 Å². The van der Waals surface area contributed by atoms with Gasteiger partial charge in [-0.05, 0) is 17.7 Å². The van der Waals surface area contributed by atoms with Crippen LogP contribution in [-0.2, 0) is 0 Å². The van der Waals surface area contributed by atoms with E-state index in [0.717, 1.165) is 5.56 Å². The van der Waals surface area contributed by atoms with Crippen LogP contribution in [0.4, 0.5) is 0 Å². The molecule has 4 nitrogen and oxygen atoms in total. The Morgan fingerprint density at radius 1 is 1.27 bits per heavy atom. The van der Waals surface area contributed by atoms with Crippen LogP contribution in [0.25, 0.3) is 0 Å². The Kier molecular flexibility index (Phi) is 4.39. The molecule has 15 heavy (non-hydrogen) atoms. The van der Waals surface area contributed by atoms with Gasteiger partial charge in [0.25, 0.3) is 0 Å². The maximum Gasteiger partial charge on any atom is 0.160 e. The number of aliphatic hydroxyl groups excluding tert-OH is 1. The molecule has 0 spiro atoms. The van der Waals surface area contributed by atoms with Crippen molar-refractivity contribution in [3.63, 3.8) is 0 Å². The standard InChI is InChI=1S/C11H17NO3/c1-14-10-4-3-8(5-11(10)15-2)9(6-12)7-13/h3-5,9,13H,6-7,12H2,1-2H3. The van der Waals surface area contributed by atoms with E-state index in [1.54, 1.807) is 14.2 Å². The molecule has 0 bridgehead atoms. The number of aliphatic hydroxyl groups is 1. The van der Waals surface area contributed by atoms with Gasteiger partial charge >= 0.3 is 0 Å². The zero-order chi connectivity index (χ0) is 11.3. The molecule has 84 valence electrons. The lowest BCUT2D eigenvalue weighted by atomic mass is 10.00. The summed E-state index contributed by atoms with van der Waals surface area (Å²) < 4.78 is 10.3. The van der Waals surface area contributed by atoms with Crippen molar-refractivity contribution < 1.29 is 14.6 Å². The average molecular weight is 211 g/mol. The number of benzene rings is 1. The fraction of sp³-hybridized carbons (Fsp3) is 0.455. The van der Waals surface area contributed by atoms with Crippen LogP contribution < -0.4 is 15.2 Å². The Bertz CT molecular complexity index is 311. The van der Waals surface area contributed by atoms with Gasteiger partial charge in [-0.15, -0.1) is 0 Å². The summed E-state index contributed by atoms with van der Waals surface area (Å²) in [5.74, 6) is 1.28. The molecule has 0 fully saturated rings. The number of nitrogens with two attached hydrogens (primary N) is 1. The van der Waals surface area contributed by atoms with Crippen molar-refractivity contribution in [1.82, 2.24) is 0 Å². The molecule has 1 aromatic carbocycles. The Balaban J connectivity index is 3.01. The van der Waals surface area contributed by atoms with E-state index in [1.807, 2.05) is 18.2 Å². The largest absolute Gasteiger partial charge is 0.493 e. The molecule has 3 N–H and O–H groups in total. The minimum atomic E-state index is -0.0511. The van der Waals surface area contributed by atoms with Crippen molar-refractivity contribution in [2.75, 3.05) is 27.4 Å². The van der Waals surface area contributed by atoms with Crippen LogP contribution in [0, 0.1) is 0 Å². The van der Waals surface area contributed by atoms with Gasteiger partial charge in [-0.3, -0.25) is 0 Å². The Hall–Kier alpha value is -1.26. The minimum Gasteiger partial charge on any atom is -0.493 e. The van der Waals surface area contributed by atoms with Crippen LogP contribution >= 0.6 is 0 Å². The molecule has 0 radical (unpaired) electrons. The second kappa shape index (κ2) is 5.58. The van der Waals surface area contributed by atoms with Crippen molar-refractivity contribution in [1.29, 1.82) is 0 Å². The van der Waals surface area contributed by atoms with E-state index in [-0.39, 0.29) is 12.5 Å². The monoisotopic (exact) mass is 211 g/mol. The molecular weight excluding hydrogens is 194 g/mol. The van der Waals surface area contributed by atoms with E-state index in [1.165, 1.54) is 0 Å². The summed E-state index contributed by atoms with van der Waals surface area (Å²) in [4.78, 5) is 0. The molecule has 1 aromatic rings. The fourth-order valence-electron chi connectivity index (χ4n) is 1.42. The highest BCUT2D eigenvalue weighted by Gasteiger charge is 2.11. The topological polar surface area (TPSA) is 64.7 Å². The molecule has 4 heteroatoms. The van der Waals surface area contributed by atoms with Crippen LogP contribution in [0.5, 0.6) is 11.5 Å². The van der Waals surface area contributed by atoms with Gasteiger partial charge in [-0.1, -0.05) is 6.07 Å². The molecule has 0 aromatic heterocycles. The first-order valence-corrected chi connectivity index (χ1v) is 4.79. The van der Waals surface area contributed by atoms with Gasteiger partial charge in [-0.2, -0.15) is 0 Å². The van der Waals surface area contributed by atoms with Gasteiger partial charge in [0.1, 0.15) is 0 Å². The third-order valence-corrected chi connectivity index (χ3v) is 2.38. The van der Waals surface area contributed by atoms with E-state index < -0.39 is 0 Å². The zero-order valence-corrected chi connectivity index (χ0v) is 9.06. The normalized spacial score (nSPS) is 12.3. The van der Waals surface area contributed by atoms with Gasteiger partial charge in [-0.25, -0.2) is 0 Å². The number of hydrogen-bond donors (Lipinski definition) is 2. The molecule has 0 aliphatic rings. The minimum absolute atomic E-state index is 0.0337. The SMILES string of the molecule is COc1ccc(C(CN)CO)cc1OC. The van der Waals surface area contributed by atoms with E-state index in [0.29, 0.717) is 18.0 Å². The maximum atomic E-state index is 9.12. The third kappa shape index (κ3) is 2.61. The van der Waals surface area contributed by atoms with Crippen molar-refractivity contribution >= 4 is 0 Å². The second-order valence-electron chi connectivity index (χ2n) is 3.23. The van der Waals surface area contributed by atoms with Gasteiger partial charge in [0.2, 0.25) is 0 Å². The quantitative estimate of drug-likeness (QED) is 0.754. The van der Waals surface area contributed by atoms with Gasteiger partial charge in [0.05, 0.1) is 20.8 Å². The van der Waals surface area contributed by atoms with E-state index in [9.17, 15) is 0 Å². The smallest absolute Gasteiger partial charge is 0.160 e. The highest BCUT2D eigenvalue weighted by molar-refractivity contribution is 5.44. The van der Waals surface area contributed by atoms with E-state index in [4.69, 9.17) is 20.3 Å². The van der Waals surface area contributed by atoms with Crippen LogP contribution in [0.3, 0.4) is 0 Å². The Morgan fingerprint density at radius 3 is 2.40 bits per heavy atom. The Morgan fingerprint density at radius 2 is 1.93 bits per heavy atom. The summed E-state index contributed by atoms with van der Waals surface area (Å²) in [7, 11) is 3.17. The molecule has 0 aliphatic carbocycles. The first-order chi connectivity index (χ1) is 7.26. The summed E-state index contributed by atoms with van der Waals surface area (Å²) in [6.07, 6.45) is 0. The lowest BCUT2D eigenvalue weighted by Gasteiger charge is -2.14. The summed E-state index contributed by atoms with van der Waals surface area (Å²) >= 11 is 0. The van der Waals surface area contributed by atoms with Gasteiger partial charge < -0.3 is 20.3 Å². The molecule has 0 saturated heterocycles. The number of rotatable bonds is 5. The summed E-state index contributed by atoms with van der Waals surface area (Å²) in [5, 5.41) is 9.12. The van der Waals surface area contributed by atoms with Crippen molar-refractivity contribution in [3.05, 3.63) is 23.8 Å². The van der Waals surface area contributed by atoms with E-state index >= 15 is 0 Å². The van der Waals surface area contributed by atoms with Crippen LogP contribution in [0.1, 0.15) is 11.5 Å². The molecule has 0 saturated carbocycles.